The van der Waals surface area contributed by atoms with Crippen molar-refractivity contribution in [1.29, 1.82) is 0 Å². The number of rotatable bonds is 3. The Morgan fingerprint density at radius 2 is 1.20 bits per heavy atom. The standard InChI is InChI=1S/C4H6O4.C2H6/c5-3(6)1-2-4(7)8;1-2/h1-2H2,(H,5,6)(H,7,8);1-2H3. The molecular formula is C6H12O4. The summed E-state index contributed by atoms with van der Waals surface area (Å²) in [7, 11) is 0. The Kier molecular flexibility index (Phi) is 9.29. The Labute approximate surface area is 59.5 Å². The quantitative estimate of drug-likeness (QED) is 0.625. The highest BCUT2D eigenvalue weighted by Crippen LogP contribution is 1.85. The molecule has 0 saturated carbocycles. The van der Waals surface area contributed by atoms with Crippen LogP contribution in [-0.2, 0) is 9.59 Å². The fourth-order valence-electron chi connectivity index (χ4n) is 0.214. The van der Waals surface area contributed by atoms with Crippen LogP contribution >= 0.6 is 0 Å². The molecule has 0 amide bonds. The molecule has 0 aliphatic rings. The van der Waals surface area contributed by atoms with Gasteiger partial charge >= 0.3 is 11.9 Å². The van der Waals surface area contributed by atoms with E-state index in [0.29, 0.717) is 0 Å². The summed E-state index contributed by atoms with van der Waals surface area (Å²) in [4.78, 5) is 19.3. The van der Waals surface area contributed by atoms with Gasteiger partial charge in [-0.25, -0.2) is 0 Å². The number of carbonyl (C=O) groups is 2. The van der Waals surface area contributed by atoms with Gasteiger partial charge in [-0.15, -0.1) is 0 Å². The molecule has 0 fully saturated rings. The molecule has 0 aromatic carbocycles. The normalized spacial score (nSPS) is 7.40. The number of carboxylic acid groups (broad SMARTS) is 2. The zero-order valence-corrected chi connectivity index (χ0v) is 6.13. The predicted molar refractivity (Wildman–Crippen MR) is 35.9 cm³/mol. The van der Waals surface area contributed by atoms with Gasteiger partial charge in [0.15, 0.2) is 0 Å². The second-order valence-electron chi connectivity index (χ2n) is 1.29. The summed E-state index contributed by atoms with van der Waals surface area (Å²) >= 11 is 0. The minimum Gasteiger partial charge on any atom is -0.481 e. The highest BCUT2D eigenvalue weighted by Gasteiger charge is 2.00. The van der Waals surface area contributed by atoms with Crippen LogP contribution in [-0.4, -0.2) is 22.2 Å². The highest BCUT2D eigenvalue weighted by molar-refractivity contribution is 5.75. The second kappa shape index (κ2) is 7.94. The molecule has 0 aliphatic carbocycles. The molecule has 60 valence electrons. The molecule has 4 heteroatoms. The van der Waals surface area contributed by atoms with Crippen LogP contribution in [0.1, 0.15) is 26.7 Å². The van der Waals surface area contributed by atoms with Crippen molar-refractivity contribution in [3.05, 3.63) is 0 Å². The van der Waals surface area contributed by atoms with Crippen molar-refractivity contribution >= 4 is 11.9 Å². The summed E-state index contributed by atoms with van der Waals surface area (Å²) in [6.07, 6.45) is -0.593. The summed E-state index contributed by atoms with van der Waals surface area (Å²) in [6, 6.07) is 0. The number of hydrogen-bond acceptors (Lipinski definition) is 2. The predicted octanol–water partition coefficient (Wildman–Crippen LogP) is 0.962. The maximum Gasteiger partial charge on any atom is 0.303 e. The van der Waals surface area contributed by atoms with Gasteiger partial charge in [-0.1, -0.05) is 13.8 Å². The lowest BCUT2D eigenvalue weighted by atomic mass is 10.3. The molecule has 0 bridgehead atoms. The Morgan fingerprint density at radius 1 is 1.00 bits per heavy atom. The fraction of sp³-hybridized carbons (Fsp3) is 0.667. The summed E-state index contributed by atoms with van der Waals surface area (Å²) in [5, 5.41) is 15.8. The second-order valence-corrected chi connectivity index (χ2v) is 1.29. The lowest BCUT2D eigenvalue weighted by molar-refractivity contribution is -0.143. The molecule has 0 spiro atoms. The van der Waals surface area contributed by atoms with Gasteiger partial charge in [0.1, 0.15) is 0 Å². The summed E-state index contributed by atoms with van der Waals surface area (Å²) in [6.45, 7) is 4.00. The smallest absolute Gasteiger partial charge is 0.303 e. The average molecular weight is 148 g/mol. The molecule has 0 aromatic rings. The molecule has 2 N–H and O–H groups in total. The van der Waals surface area contributed by atoms with Crippen LogP contribution in [0.2, 0.25) is 0 Å². The Balaban J connectivity index is 0. The van der Waals surface area contributed by atoms with Crippen LogP contribution in [0.4, 0.5) is 0 Å². The first-order valence-corrected chi connectivity index (χ1v) is 3.06. The van der Waals surface area contributed by atoms with Gasteiger partial charge in [0.25, 0.3) is 0 Å². The van der Waals surface area contributed by atoms with Crippen molar-refractivity contribution in [3.8, 4) is 0 Å². The van der Waals surface area contributed by atoms with Gasteiger partial charge < -0.3 is 10.2 Å². The number of aliphatic carboxylic acids is 2. The van der Waals surface area contributed by atoms with Crippen LogP contribution in [0.25, 0.3) is 0 Å². The van der Waals surface area contributed by atoms with Crippen LogP contribution < -0.4 is 0 Å². The minimum atomic E-state index is -1.08. The Hall–Kier alpha value is -1.06. The number of carboxylic acids is 2. The van der Waals surface area contributed by atoms with Gasteiger partial charge in [-0.3, -0.25) is 9.59 Å². The molecule has 0 heterocycles. The lowest BCUT2D eigenvalue weighted by Gasteiger charge is -1.85. The van der Waals surface area contributed by atoms with Gasteiger partial charge in [0, 0.05) is 0 Å². The van der Waals surface area contributed by atoms with E-state index >= 15 is 0 Å². The first kappa shape index (κ1) is 11.7. The van der Waals surface area contributed by atoms with E-state index in [9.17, 15) is 9.59 Å². The van der Waals surface area contributed by atoms with Crippen LogP contribution in [0.5, 0.6) is 0 Å². The maximum absolute atomic E-state index is 9.64. The van der Waals surface area contributed by atoms with Crippen molar-refractivity contribution in [2.24, 2.45) is 0 Å². The molecule has 0 rings (SSSR count). The van der Waals surface area contributed by atoms with Crippen LogP contribution in [0, 0.1) is 0 Å². The van der Waals surface area contributed by atoms with E-state index < -0.39 is 11.9 Å². The van der Waals surface area contributed by atoms with E-state index in [1.165, 1.54) is 0 Å². The van der Waals surface area contributed by atoms with Gasteiger partial charge in [-0.05, 0) is 0 Å². The largest absolute Gasteiger partial charge is 0.481 e. The summed E-state index contributed by atoms with van der Waals surface area (Å²) in [5.74, 6) is -2.15. The molecule has 0 saturated heterocycles. The summed E-state index contributed by atoms with van der Waals surface area (Å²) < 4.78 is 0. The van der Waals surface area contributed by atoms with E-state index in [-0.39, 0.29) is 12.8 Å². The third-order valence-corrected chi connectivity index (χ3v) is 0.553. The lowest BCUT2D eigenvalue weighted by Crippen LogP contribution is -2.00. The molecule has 10 heavy (non-hydrogen) atoms. The van der Waals surface area contributed by atoms with Crippen molar-refractivity contribution in [1.82, 2.24) is 0 Å². The Morgan fingerprint density at radius 3 is 1.30 bits per heavy atom. The molecule has 4 nitrogen and oxygen atoms in total. The van der Waals surface area contributed by atoms with Crippen LogP contribution in [0.3, 0.4) is 0 Å². The zero-order valence-electron chi connectivity index (χ0n) is 6.13. The van der Waals surface area contributed by atoms with Gasteiger partial charge in [-0.2, -0.15) is 0 Å². The highest BCUT2D eigenvalue weighted by atomic mass is 16.4. The molecule has 0 atom stereocenters. The molecular weight excluding hydrogens is 136 g/mol. The average Bonchev–Trinajstić information content (AvgIpc) is 1.89. The third kappa shape index (κ3) is 15.8. The molecule has 0 radical (unpaired) electrons. The van der Waals surface area contributed by atoms with Crippen molar-refractivity contribution in [2.75, 3.05) is 0 Å². The maximum atomic E-state index is 9.64. The van der Waals surface area contributed by atoms with E-state index in [2.05, 4.69) is 0 Å². The number of hydrogen-bond donors (Lipinski definition) is 2. The van der Waals surface area contributed by atoms with Crippen molar-refractivity contribution < 1.29 is 19.8 Å². The first-order valence-electron chi connectivity index (χ1n) is 3.06. The molecule has 0 aliphatic heterocycles. The molecule has 0 aromatic heterocycles. The van der Waals surface area contributed by atoms with E-state index in [0.717, 1.165) is 0 Å². The van der Waals surface area contributed by atoms with Crippen LogP contribution in [0.15, 0.2) is 0 Å². The van der Waals surface area contributed by atoms with Crippen molar-refractivity contribution in [3.63, 3.8) is 0 Å². The minimum absolute atomic E-state index is 0.296. The van der Waals surface area contributed by atoms with Crippen molar-refractivity contribution in [2.45, 2.75) is 26.7 Å². The van der Waals surface area contributed by atoms with E-state index in [1.807, 2.05) is 13.8 Å². The van der Waals surface area contributed by atoms with E-state index in [4.69, 9.17) is 10.2 Å². The first-order chi connectivity index (χ1) is 4.63. The third-order valence-electron chi connectivity index (χ3n) is 0.553. The summed E-state index contributed by atoms with van der Waals surface area (Å²) in [5.41, 5.74) is 0. The zero-order chi connectivity index (χ0) is 8.57. The SMILES string of the molecule is CC.O=C(O)CCC(=O)O. The van der Waals surface area contributed by atoms with Gasteiger partial charge in [0.2, 0.25) is 0 Å². The molecule has 0 unspecified atom stereocenters. The monoisotopic (exact) mass is 148 g/mol. The van der Waals surface area contributed by atoms with Gasteiger partial charge in [0.05, 0.1) is 12.8 Å². The topological polar surface area (TPSA) is 74.6 Å². The fourth-order valence-corrected chi connectivity index (χ4v) is 0.214. The Bertz CT molecular complexity index is 94.3. The van der Waals surface area contributed by atoms with E-state index in [1.54, 1.807) is 0 Å².